The van der Waals surface area contributed by atoms with Crippen LogP contribution in [0.25, 0.3) is 5.70 Å². The van der Waals surface area contributed by atoms with Crippen molar-refractivity contribution < 1.29 is 9.84 Å². The Balaban J connectivity index is 1.44. The van der Waals surface area contributed by atoms with Gasteiger partial charge in [0.25, 0.3) is 0 Å². The van der Waals surface area contributed by atoms with E-state index in [0.717, 1.165) is 28.2 Å². The molecule has 5 rings (SSSR count). The minimum Gasteiger partial charge on any atom is -0.507 e. The molecule has 33 heavy (non-hydrogen) atoms. The molecule has 1 heterocycles. The number of benzene rings is 4. The van der Waals surface area contributed by atoms with E-state index in [2.05, 4.69) is 5.43 Å². The van der Waals surface area contributed by atoms with Crippen molar-refractivity contribution in [3.63, 3.8) is 0 Å². The minimum absolute atomic E-state index is 0.127. The smallest absolute Gasteiger partial charge is 0.128 e. The monoisotopic (exact) mass is 433 g/mol. The molecule has 2 N–H and O–H groups in total. The molecule has 0 aromatic heterocycles. The highest BCUT2D eigenvalue weighted by atomic mass is 16.5. The Morgan fingerprint density at radius 2 is 1.45 bits per heavy atom. The van der Waals surface area contributed by atoms with Crippen molar-refractivity contribution in [2.75, 3.05) is 5.12 Å². The maximum Gasteiger partial charge on any atom is 0.128 e. The maximum absolute atomic E-state index is 10.8. The lowest BCUT2D eigenvalue weighted by molar-refractivity contribution is 0.304. The standard InChI is InChI=1S/C28H23N3O2/c32-28-18-24(33-20-21-10-4-1-5-11-21)16-17-25(28)27-19-26(22-12-6-2-7-13-22)29-31(30-27)23-14-8-3-9-15-23/h1-19,30,32H,20H2. The Hall–Kier alpha value is -4.51. The molecule has 0 saturated carbocycles. The fourth-order valence-corrected chi connectivity index (χ4v) is 3.59. The van der Waals surface area contributed by atoms with E-state index >= 15 is 0 Å². The van der Waals surface area contributed by atoms with Crippen molar-refractivity contribution in [2.24, 2.45) is 5.10 Å². The van der Waals surface area contributed by atoms with Crippen LogP contribution in [0.2, 0.25) is 0 Å². The molecule has 0 radical (unpaired) electrons. The summed E-state index contributed by atoms with van der Waals surface area (Å²) in [6.45, 7) is 0.438. The Labute approximate surface area is 192 Å². The van der Waals surface area contributed by atoms with Gasteiger partial charge in [-0.15, -0.1) is 0 Å². The second-order valence-corrected chi connectivity index (χ2v) is 7.62. The van der Waals surface area contributed by atoms with Gasteiger partial charge < -0.3 is 9.84 Å². The van der Waals surface area contributed by atoms with Gasteiger partial charge >= 0.3 is 0 Å². The fourth-order valence-electron chi connectivity index (χ4n) is 3.59. The summed E-state index contributed by atoms with van der Waals surface area (Å²) in [4.78, 5) is 0. The summed E-state index contributed by atoms with van der Waals surface area (Å²) in [7, 11) is 0. The van der Waals surface area contributed by atoms with Crippen LogP contribution < -0.4 is 15.3 Å². The van der Waals surface area contributed by atoms with Crippen LogP contribution in [0.1, 0.15) is 16.7 Å². The maximum atomic E-state index is 10.8. The Morgan fingerprint density at radius 1 is 0.788 bits per heavy atom. The van der Waals surface area contributed by atoms with Crippen molar-refractivity contribution in [1.82, 2.24) is 5.43 Å². The van der Waals surface area contributed by atoms with E-state index in [0.29, 0.717) is 17.9 Å². The molecule has 5 heteroatoms. The van der Waals surface area contributed by atoms with Gasteiger partial charge in [-0.1, -0.05) is 78.9 Å². The number of phenols is 1. The van der Waals surface area contributed by atoms with Gasteiger partial charge in [-0.25, -0.2) is 0 Å². The lowest BCUT2D eigenvalue weighted by atomic mass is 10.0. The highest BCUT2D eigenvalue weighted by molar-refractivity contribution is 6.13. The average Bonchev–Trinajstić information content (AvgIpc) is 2.89. The highest BCUT2D eigenvalue weighted by Gasteiger charge is 2.19. The van der Waals surface area contributed by atoms with Crippen molar-refractivity contribution >= 4 is 17.1 Å². The molecule has 0 amide bonds. The molecular weight excluding hydrogens is 410 g/mol. The van der Waals surface area contributed by atoms with Crippen molar-refractivity contribution in [2.45, 2.75) is 6.61 Å². The normalized spacial score (nSPS) is 13.0. The first-order valence-electron chi connectivity index (χ1n) is 10.7. The molecule has 4 aromatic rings. The van der Waals surface area contributed by atoms with Gasteiger partial charge in [0, 0.05) is 17.2 Å². The second kappa shape index (κ2) is 9.32. The number of ether oxygens (including phenoxy) is 1. The van der Waals surface area contributed by atoms with Crippen LogP contribution in [0.15, 0.2) is 120 Å². The first-order valence-corrected chi connectivity index (χ1v) is 10.7. The van der Waals surface area contributed by atoms with Crippen LogP contribution in [0.4, 0.5) is 5.69 Å². The summed E-state index contributed by atoms with van der Waals surface area (Å²) in [5.74, 6) is 0.731. The topological polar surface area (TPSA) is 57.1 Å². The van der Waals surface area contributed by atoms with E-state index in [1.54, 1.807) is 11.2 Å². The van der Waals surface area contributed by atoms with Crippen molar-refractivity contribution in [1.29, 1.82) is 0 Å². The zero-order chi connectivity index (χ0) is 22.5. The number of phenolic OH excluding ortho intramolecular Hbond substituents is 1. The van der Waals surface area contributed by atoms with Gasteiger partial charge in [0.2, 0.25) is 0 Å². The highest BCUT2D eigenvalue weighted by Crippen LogP contribution is 2.31. The third-order valence-electron chi connectivity index (χ3n) is 5.29. The van der Waals surface area contributed by atoms with Crippen LogP contribution in [0.5, 0.6) is 11.5 Å². The van der Waals surface area contributed by atoms with E-state index in [4.69, 9.17) is 9.84 Å². The van der Waals surface area contributed by atoms with E-state index < -0.39 is 0 Å². The molecule has 1 aliphatic rings. The molecule has 0 unspecified atom stereocenters. The molecule has 0 bridgehead atoms. The number of hydrazone groups is 1. The fraction of sp³-hybridized carbons (Fsp3) is 0.0357. The van der Waals surface area contributed by atoms with Crippen LogP contribution in [-0.2, 0) is 6.61 Å². The zero-order valence-corrected chi connectivity index (χ0v) is 17.9. The first kappa shape index (κ1) is 20.4. The number of allylic oxidation sites excluding steroid dienone is 1. The summed E-state index contributed by atoms with van der Waals surface area (Å²) in [6, 6.07) is 35.1. The predicted molar refractivity (Wildman–Crippen MR) is 132 cm³/mol. The van der Waals surface area contributed by atoms with Gasteiger partial charge in [-0.3, -0.25) is 5.43 Å². The van der Waals surface area contributed by atoms with Crippen LogP contribution >= 0.6 is 0 Å². The molecule has 0 spiro atoms. The largest absolute Gasteiger partial charge is 0.507 e. The number of rotatable bonds is 6. The van der Waals surface area contributed by atoms with E-state index in [1.165, 1.54) is 0 Å². The lowest BCUT2D eigenvalue weighted by Crippen LogP contribution is -2.36. The van der Waals surface area contributed by atoms with E-state index in [9.17, 15) is 5.11 Å². The van der Waals surface area contributed by atoms with Crippen LogP contribution in [-0.4, -0.2) is 10.8 Å². The van der Waals surface area contributed by atoms with Crippen LogP contribution in [0.3, 0.4) is 0 Å². The number of hydrogen-bond donors (Lipinski definition) is 2. The summed E-state index contributed by atoms with van der Waals surface area (Å²) < 4.78 is 5.86. The predicted octanol–water partition coefficient (Wildman–Crippen LogP) is 5.74. The third-order valence-corrected chi connectivity index (χ3v) is 5.29. The van der Waals surface area contributed by atoms with Crippen LogP contribution in [0, 0.1) is 0 Å². The van der Waals surface area contributed by atoms with Gasteiger partial charge in [-0.2, -0.15) is 10.2 Å². The summed E-state index contributed by atoms with van der Waals surface area (Å²) in [5, 5.41) is 17.3. The third kappa shape index (κ3) is 4.72. The summed E-state index contributed by atoms with van der Waals surface area (Å²) in [6.07, 6.45) is 1.94. The Bertz CT molecular complexity index is 1290. The number of hydrazine groups is 1. The second-order valence-electron chi connectivity index (χ2n) is 7.62. The summed E-state index contributed by atoms with van der Waals surface area (Å²) in [5.41, 5.74) is 8.44. The molecule has 162 valence electrons. The van der Waals surface area contributed by atoms with E-state index in [-0.39, 0.29) is 5.75 Å². The van der Waals surface area contributed by atoms with E-state index in [1.807, 2.05) is 109 Å². The number of para-hydroxylation sites is 1. The molecular formula is C28H23N3O2. The molecule has 4 aromatic carbocycles. The molecule has 0 atom stereocenters. The van der Waals surface area contributed by atoms with Gasteiger partial charge in [0.1, 0.15) is 18.1 Å². The molecule has 0 saturated heterocycles. The SMILES string of the molecule is Oc1cc(OCc2ccccc2)ccc1C1=CC(c2ccccc2)=NN(c2ccccc2)N1. The van der Waals surface area contributed by atoms with Gasteiger partial charge in [-0.05, 0) is 35.9 Å². The Morgan fingerprint density at radius 3 is 2.15 bits per heavy atom. The zero-order valence-electron chi connectivity index (χ0n) is 17.9. The Kier molecular flexibility index (Phi) is 5.76. The molecule has 0 aliphatic carbocycles. The van der Waals surface area contributed by atoms with Gasteiger partial charge in [0.15, 0.2) is 0 Å². The van der Waals surface area contributed by atoms with Crippen molar-refractivity contribution in [3.05, 3.63) is 132 Å². The number of hydrogen-bond acceptors (Lipinski definition) is 5. The molecule has 5 nitrogen and oxygen atoms in total. The van der Waals surface area contributed by atoms with Gasteiger partial charge in [0.05, 0.1) is 17.1 Å². The first-order chi connectivity index (χ1) is 16.3. The average molecular weight is 434 g/mol. The lowest BCUT2D eigenvalue weighted by Gasteiger charge is -2.28. The number of nitrogens with one attached hydrogen (secondary N) is 1. The quantitative estimate of drug-likeness (QED) is 0.407. The minimum atomic E-state index is 0.127. The molecule has 1 aliphatic heterocycles. The number of anilines is 1. The summed E-state index contributed by atoms with van der Waals surface area (Å²) >= 11 is 0. The number of nitrogens with zero attached hydrogens (tertiary/aromatic N) is 2. The number of aromatic hydroxyl groups is 1. The molecule has 0 fully saturated rings. The van der Waals surface area contributed by atoms with Crippen molar-refractivity contribution in [3.8, 4) is 11.5 Å².